The summed E-state index contributed by atoms with van der Waals surface area (Å²) in [6, 6.07) is -2.13. The lowest BCUT2D eigenvalue weighted by Crippen LogP contribution is -2.43. The van der Waals surface area contributed by atoms with Gasteiger partial charge in [0, 0.05) is 0 Å². The van der Waals surface area contributed by atoms with E-state index in [1.54, 1.807) is 0 Å². The van der Waals surface area contributed by atoms with Crippen LogP contribution in [0, 0.1) is 5.92 Å². The van der Waals surface area contributed by atoms with Gasteiger partial charge in [-0.25, -0.2) is 4.84 Å². The van der Waals surface area contributed by atoms with E-state index in [1.807, 2.05) is 0 Å². The molecule has 0 aliphatic carbocycles. The molecule has 0 rings (SSSR count). The summed E-state index contributed by atoms with van der Waals surface area (Å²) in [5.41, 5.74) is 0. The van der Waals surface area contributed by atoms with Gasteiger partial charge in [0.1, 0.15) is 6.04 Å². The van der Waals surface area contributed by atoms with Gasteiger partial charge < -0.3 is 5.11 Å². The molecule has 0 spiro atoms. The molecule has 0 unspecified atom stereocenters. The molecule has 0 radical (unpaired) electrons. The largest absolute Gasteiger partial charge is 0.480 e. The van der Waals surface area contributed by atoms with Crippen LogP contribution in [-0.4, -0.2) is 29.5 Å². The van der Waals surface area contributed by atoms with Crippen molar-refractivity contribution in [1.29, 1.82) is 0 Å². The van der Waals surface area contributed by atoms with Crippen molar-refractivity contribution in [3.8, 4) is 0 Å². The first-order valence-electron chi connectivity index (χ1n) is 3.72. The van der Waals surface area contributed by atoms with Crippen molar-refractivity contribution in [3.05, 3.63) is 0 Å². The third kappa shape index (κ3) is 4.44. The Bertz CT molecular complexity index is 238. The molecule has 2 N–H and O–H groups in total. The molecule has 1 atom stereocenters. The lowest BCUT2D eigenvalue weighted by atomic mass is 9.99. The zero-order chi connectivity index (χ0) is 13.1. The van der Waals surface area contributed by atoms with Crippen molar-refractivity contribution in [2.24, 2.45) is 5.92 Å². The molecule has 0 aromatic heterocycles. The van der Waals surface area contributed by atoms with Crippen LogP contribution in [0.15, 0.2) is 0 Å². The summed E-state index contributed by atoms with van der Waals surface area (Å²) in [7, 11) is 0. The van der Waals surface area contributed by atoms with Gasteiger partial charge in [-0.3, -0.25) is 4.79 Å². The quantitative estimate of drug-likeness (QED) is 0.610. The monoisotopic (exact) mass is 273 g/mol. The lowest BCUT2D eigenvalue weighted by Gasteiger charge is -2.24. The molecule has 0 aromatic carbocycles. The highest BCUT2D eigenvalue weighted by molar-refractivity contribution is 6.14. The van der Waals surface area contributed by atoms with Gasteiger partial charge in [-0.05, 0) is 18.2 Å². The fraction of sp³-hybridized carbons (Fsp3) is 0.833. The van der Waals surface area contributed by atoms with E-state index in [4.69, 9.17) is 16.9 Å². The number of carboxylic acids is 1. The molecular weight excluding hydrogens is 268 g/mol. The SMILES string of the molecule is O=C(O)[C@H](CC(C(F)(F)F)C(F)(F)F)NCl. The number of alkyl halides is 6. The Kier molecular flexibility index (Phi) is 4.86. The fourth-order valence-corrected chi connectivity index (χ4v) is 1.06. The van der Waals surface area contributed by atoms with E-state index in [2.05, 4.69) is 0 Å². The summed E-state index contributed by atoms with van der Waals surface area (Å²) in [5.74, 6) is -5.62. The molecule has 16 heavy (non-hydrogen) atoms. The summed E-state index contributed by atoms with van der Waals surface area (Å²) in [4.78, 5) is 11.6. The van der Waals surface area contributed by atoms with Gasteiger partial charge in [0.15, 0.2) is 5.92 Å². The van der Waals surface area contributed by atoms with Crippen LogP contribution in [0.4, 0.5) is 26.3 Å². The van der Waals surface area contributed by atoms with Crippen LogP contribution in [0.5, 0.6) is 0 Å². The van der Waals surface area contributed by atoms with Crippen LogP contribution in [0.25, 0.3) is 0 Å². The number of nitrogens with one attached hydrogen (secondary N) is 1. The molecule has 0 saturated heterocycles. The Morgan fingerprint density at radius 2 is 1.56 bits per heavy atom. The highest BCUT2D eigenvalue weighted by Crippen LogP contribution is 2.41. The molecule has 0 saturated carbocycles. The van der Waals surface area contributed by atoms with Crippen LogP contribution < -0.4 is 4.84 Å². The van der Waals surface area contributed by atoms with Crippen molar-refractivity contribution in [2.45, 2.75) is 24.8 Å². The first kappa shape index (κ1) is 15.3. The zero-order valence-electron chi connectivity index (χ0n) is 7.36. The second-order valence-electron chi connectivity index (χ2n) is 2.87. The summed E-state index contributed by atoms with van der Waals surface area (Å²) < 4.78 is 72.0. The minimum atomic E-state index is -5.57. The van der Waals surface area contributed by atoms with Gasteiger partial charge in [0.2, 0.25) is 0 Å². The minimum Gasteiger partial charge on any atom is -0.480 e. The molecule has 10 heteroatoms. The summed E-state index contributed by atoms with van der Waals surface area (Å²) in [6.45, 7) is 0. The maximum absolute atomic E-state index is 12.0. The number of halogens is 7. The average Bonchev–Trinajstić information content (AvgIpc) is 1.99. The van der Waals surface area contributed by atoms with Gasteiger partial charge >= 0.3 is 18.3 Å². The highest BCUT2D eigenvalue weighted by atomic mass is 35.5. The molecule has 0 aromatic rings. The number of aliphatic carboxylic acids is 1. The average molecular weight is 274 g/mol. The predicted octanol–water partition coefficient (Wildman–Crippen LogP) is 2.31. The highest BCUT2D eigenvalue weighted by Gasteiger charge is 2.57. The first-order chi connectivity index (χ1) is 7.00. The number of hydrogen-bond acceptors (Lipinski definition) is 2. The Balaban J connectivity index is 4.88. The van der Waals surface area contributed by atoms with Crippen molar-refractivity contribution < 1.29 is 36.2 Å². The fourth-order valence-electron chi connectivity index (χ4n) is 0.881. The van der Waals surface area contributed by atoms with Crippen LogP contribution in [-0.2, 0) is 4.79 Å². The van der Waals surface area contributed by atoms with Crippen LogP contribution >= 0.6 is 11.8 Å². The van der Waals surface area contributed by atoms with E-state index in [-0.39, 0.29) is 0 Å². The van der Waals surface area contributed by atoms with Crippen molar-refractivity contribution in [3.63, 3.8) is 0 Å². The van der Waals surface area contributed by atoms with E-state index in [0.29, 0.717) is 0 Å². The Hall–Kier alpha value is -0.700. The molecule has 3 nitrogen and oxygen atoms in total. The second kappa shape index (κ2) is 5.09. The van der Waals surface area contributed by atoms with Gasteiger partial charge in [0.25, 0.3) is 0 Å². The van der Waals surface area contributed by atoms with E-state index in [1.165, 1.54) is 4.84 Å². The molecule has 0 heterocycles. The predicted molar refractivity (Wildman–Crippen MR) is 40.6 cm³/mol. The van der Waals surface area contributed by atoms with Crippen LogP contribution in [0.2, 0.25) is 0 Å². The lowest BCUT2D eigenvalue weighted by molar-refractivity contribution is -0.286. The summed E-state index contributed by atoms with van der Waals surface area (Å²) in [5, 5.41) is 8.27. The van der Waals surface area contributed by atoms with E-state index < -0.39 is 36.7 Å². The van der Waals surface area contributed by atoms with Crippen molar-refractivity contribution in [1.82, 2.24) is 4.84 Å². The van der Waals surface area contributed by atoms with E-state index in [0.717, 1.165) is 0 Å². The van der Waals surface area contributed by atoms with Crippen LogP contribution in [0.3, 0.4) is 0 Å². The third-order valence-corrected chi connectivity index (χ3v) is 1.95. The van der Waals surface area contributed by atoms with Crippen molar-refractivity contribution in [2.75, 3.05) is 0 Å². The first-order valence-corrected chi connectivity index (χ1v) is 4.10. The topological polar surface area (TPSA) is 49.3 Å². The molecule has 0 bridgehead atoms. The molecular formula is C6H6ClF6NO2. The third-order valence-electron chi connectivity index (χ3n) is 1.69. The molecule has 0 aliphatic heterocycles. The molecule has 0 aliphatic rings. The van der Waals surface area contributed by atoms with Gasteiger partial charge in [-0.15, -0.1) is 0 Å². The van der Waals surface area contributed by atoms with Gasteiger partial charge in [-0.2, -0.15) is 26.3 Å². The molecule has 96 valence electrons. The number of carbonyl (C=O) groups is 1. The zero-order valence-corrected chi connectivity index (χ0v) is 8.12. The number of carboxylic acid groups (broad SMARTS) is 1. The van der Waals surface area contributed by atoms with E-state index in [9.17, 15) is 31.1 Å². The normalized spacial score (nSPS) is 15.2. The smallest absolute Gasteiger partial charge is 0.400 e. The maximum Gasteiger partial charge on any atom is 0.400 e. The van der Waals surface area contributed by atoms with Gasteiger partial charge in [-0.1, -0.05) is 0 Å². The second-order valence-corrected chi connectivity index (χ2v) is 3.09. The molecule has 0 fully saturated rings. The molecule has 0 amide bonds. The number of hydrogen-bond donors (Lipinski definition) is 2. The van der Waals surface area contributed by atoms with Crippen molar-refractivity contribution >= 4 is 17.7 Å². The Labute approximate surface area is 90.5 Å². The minimum absolute atomic E-state index is 1.35. The van der Waals surface area contributed by atoms with E-state index >= 15 is 0 Å². The standard InChI is InChI=1S/C6H6ClF6NO2/c7-14-2(4(15)16)1-3(5(8,9)10)6(11,12)13/h2-3,14H,1H2,(H,15,16)/t2-/m0/s1. The summed E-state index contributed by atoms with van der Waals surface area (Å²) >= 11 is 4.74. The number of rotatable bonds is 4. The van der Waals surface area contributed by atoms with Gasteiger partial charge in [0.05, 0.1) is 0 Å². The summed E-state index contributed by atoms with van der Waals surface area (Å²) in [6.07, 6.45) is -12.9. The Morgan fingerprint density at radius 1 is 1.19 bits per heavy atom. The Morgan fingerprint density at radius 3 is 1.75 bits per heavy atom. The maximum atomic E-state index is 12.0. The van der Waals surface area contributed by atoms with Crippen LogP contribution in [0.1, 0.15) is 6.42 Å².